The molecule has 1 N–H and O–H groups in total. The molecule has 104 valence electrons. The van der Waals surface area contributed by atoms with Crippen molar-refractivity contribution < 1.29 is 19.5 Å². The van der Waals surface area contributed by atoms with Crippen molar-refractivity contribution in [2.75, 3.05) is 4.90 Å². The number of aromatic carboxylic acids is 1. The van der Waals surface area contributed by atoms with Gasteiger partial charge in [0.15, 0.2) is 0 Å². The molecular formula is C16H11NO4. The van der Waals surface area contributed by atoms with Crippen LogP contribution in [0.1, 0.15) is 26.3 Å². The summed E-state index contributed by atoms with van der Waals surface area (Å²) in [5.74, 6) is -2.09. The maximum atomic E-state index is 12.5. The van der Waals surface area contributed by atoms with Crippen molar-refractivity contribution in [2.24, 2.45) is 0 Å². The van der Waals surface area contributed by atoms with Crippen molar-refractivity contribution in [3.05, 3.63) is 65.2 Å². The zero-order valence-electron chi connectivity index (χ0n) is 10.9. The monoisotopic (exact) mass is 281 g/mol. The Morgan fingerprint density at radius 3 is 2.43 bits per heavy atom. The minimum Gasteiger partial charge on any atom is -0.478 e. The fraction of sp³-hybridized carbons (Fsp3) is 0.0625. The van der Waals surface area contributed by atoms with Crippen molar-refractivity contribution in [2.45, 2.75) is 6.42 Å². The second kappa shape index (κ2) is 4.86. The Hall–Kier alpha value is -2.95. The molecule has 2 aromatic rings. The number of rotatable bonds is 2. The molecule has 0 saturated heterocycles. The lowest BCUT2D eigenvalue weighted by molar-refractivity contribution is -0.117. The van der Waals surface area contributed by atoms with E-state index in [1.54, 1.807) is 36.4 Å². The molecule has 0 unspecified atom stereocenters. The highest BCUT2D eigenvalue weighted by Gasteiger charge is 2.33. The highest BCUT2D eigenvalue weighted by atomic mass is 16.4. The molecule has 21 heavy (non-hydrogen) atoms. The van der Waals surface area contributed by atoms with E-state index < -0.39 is 17.8 Å². The average molecular weight is 281 g/mol. The van der Waals surface area contributed by atoms with Crippen LogP contribution in [0.3, 0.4) is 0 Å². The number of fused-ring (bicyclic) bond motifs is 1. The minimum absolute atomic E-state index is 0.0708. The van der Waals surface area contributed by atoms with Crippen LogP contribution in [0.5, 0.6) is 0 Å². The Labute approximate surface area is 120 Å². The van der Waals surface area contributed by atoms with Gasteiger partial charge in [0, 0.05) is 5.56 Å². The van der Waals surface area contributed by atoms with Crippen LogP contribution in [0.15, 0.2) is 48.5 Å². The standard InChI is InChI=1S/C16H11NO4/c18-14-9-10-5-1-2-6-11(10)15(19)17(14)13-8-4-3-7-12(13)16(20)21/h1-8H,9H2,(H,20,21). The predicted octanol–water partition coefficient (Wildman–Crippen LogP) is 2.11. The molecule has 0 aliphatic carbocycles. The number of imide groups is 1. The molecule has 2 aromatic carbocycles. The summed E-state index contributed by atoms with van der Waals surface area (Å²) in [5, 5.41) is 9.21. The number of carboxylic acid groups (broad SMARTS) is 1. The molecule has 0 fully saturated rings. The van der Waals surface area contributed by atoms with E-state index in [1.807, 2.05) is 0 Å². The van der Waals surface area contributed by atoms with Gasteiger partial charge in [-0.05, 0) is 23.8 Å². The van der Waals surface area contributed by atoms with E-state index in [-0.39, 0.29) is 17.7 Å². The first kappa shape index (κ1) is 13.1. The number of anilines is 1. The van der Waals surface area contributed by atoms with E-state index >= 15 is 0 Å². The summed E-state index contributed by atoms with van der Waals surface area (Å²) in [6, 6.07) is 12.8. The largest absolute Gasteiger partial charge is 0.478 e. The van der Waals surface area contributed by atoms with Crippen molar-refractivity contribution in [1.29, 1.82) is 0 Å². The van der Waals surface area contributed by atoms with Crippen molar-refractivity contribution in [3.63, 3.8) is 0 Å². The Morgan fingerprint density at radius 2 is 1.67 bits per heavy atom. The third-order valence-corrected chi connectivity index (χ3v) is 3.42. The molecular weight excluding hydrogens is 270 g/mol. The van der Waals surface area contributed by atoms with Crippen LogP contribution >= 0.6 is 0 Å². The van der Waals surface area contributed by atoms with E-state index in [2.05, 4.69) is 0 Å². The molecule has 1 aliphatic rings. The highest BCUT2D eigenvalue weighted by Crippen LogP contribution is 2.28. The summed E-state index contributed by atoms with van der Waals surface area (Å²) in [5.41, 5.74) is 1.13. The summed E-state index contributed by atoms with van der Waals surface area (Å²) < 4.78 is 0. The van der Waals surface area contributed by atoms with Gasteiger partial charge in [0.25, 0.3) is 5.91 Å². The van der Waals surface area contributed by atoms with Crippen molar-refractivity contribution in [1.82, 2.24) is 0 Å². The lowest BCUT2D eigenvalue weighted by Crippen LogP contribution is -2.43. The zero-order chi connectivity index (χ0) is 15.0. The molecule has 0 saturated carbocycles. The van der Waals surface area contributed by atoms with Crippen molar-refractivity contribution in [3.8, 4) is 0 Å². The number of para-hydroxylation sites is 1. The second-order valence-corrected chi connectivity index (χ2v) is 4.69. The number of benzene rings is 2. The molecule has 0 atom stereocenters. The van der Waals surface area contributed by atoms with Crippen LogP contribution in [-0.4, -0.2) is 22.9 Å². The minimum atomic E-state index is -1.18. The summed E-state index contributed by atoms with van der Waals surface area (Å²) in [4.78, 5) is 37.0. The topological polar surface area (TPSA) is 74.7 Å². The smallest absolute Gasteiger partial charge is 0.337 e. The van der Waals surface area contributed by atoms with Crippen LogP contribution in [0.25, 0.3) is 0 Å². The van der Waals surface area contributed by atoms with Crippen LogP contribution in [0.4, 0.5) is 5.69 Å². The zero-order valence-corrected chi connectivity index (χ0v) is 10.9. The number of carbonyl (C=O) groups excluding carboxylic acids is 2. The van der Waals surface area contributed by atoms with Gasteiger partial charge in [-0.3, -0.25) is 9.59 Å². The van der Waals surface area contributed by atoms with Crippen LogP contribution in [0, 0.1) is 0 Å². The van der Waals surface area contributed by atoms with Crippen LogP contribution in [-0.2, 0) is 11.2 Å². The lowest BCUT2D eigenvalue weighted by atomic mass is 9.97. The van der Waals surface area contributed by atoms with Gasteiger partial charge >= 0.3 is 5.97 Å². The number of amides is 2. The first-order valence-electron chi connectivity index (χ1n) is 6.37. The molecule has 1 heterocycles. The van der Waals surface area contributed by atoms with Gasteiger partial charge in [-0.1, -0.05) is 30.3 Å². The fourth-order valence-corrected chi connectivity index (χ4v) is 2.45. The number of carboxylic acids is 1. The first-order valence-corrected chi connectivity index (χ1v) is 6.37. The first-order chi connectivity index (χ1) is 10.1. The summed E-state index contributed by atoms with van der Waals surface area (Å²) in [7, 11) is 0. The number of hydrogen-bond donors (Lipinski definition) is 1. The molecule has 0 aromatic heterocycles. The predicted molar refractivity (Wildman–Crippen MR) is 75.4 cm³/mol. The lowest BCUT2D eigenvalue weighted by Gasteiger charge is -2.27. The Morgan fingerprint density at radius 1 is 1.00 bits per heavy atom. The maximum absolute atomic E-state index is 12.5. The molecule has 5 heteroatoms. The van der Waals surface area contributed by atoms with Gasteiger partial charge in [0.2, 0.25) is 5.91 Å². The Kier molecular flexibility index (Phi) is 3.02. The van der Waals surface area contributed by atoms with Gasteiger partial charge in [-0.2, -0.15) is 0 Å². The van der Waals surface area contributed by atoms with E-state index in [9.17, 15) is 19.5 Å². The van der Waals surface area contributed by atoms with Gasteiger partial charge in [0.1, 0.15) is 0 Å². The molecule has 0 spiro atoms. The molecule has 3 rings (SSSR count). The van der Waals surface area contributed by atoms with E-state index in [0.717, 1.165) is 4.90 Å². The fourth-order valence-electron chi connectivity index (χ4n) is 2.45. The second-order valence-electron chi connectivity index (χ2n) is 4.69. The number of hydrogen-bond acceptors (Lipinski definition) is 3. The summed E-state index contributed by atoms with van der Waals surface area (Å²) in [6.45, 7) is 0. The van der Waals surface area contributed by atoms with Gasteiger partial charge < -0.3 is 5.11 Å². The van der Waals surface area contributed by atoms with Crippen LogP contribution in [0.2, 0.25) is 0 Å². The molecule has 1 aliphatic heterocycles. The Bertz CT molecular complexity index is 766. The van der Waals surface area contributed by atoms with Gasteiger partial charge in [-0.25, -0.2) is 9.69 Å². The quantitative estimate of drug-likeness (QED) is 0.855. The van der Waals surface area contributed by atoms with E-state index in [1.165, 1.54) is 12.1 Å². The molecule has 0 radical (unpaired) electrons. The third kappa shape index (κ3) is 2.08. The summed E-state index contributed by atoms with van der Waals surface area (Å²) >= 11 is 0. The van der Waals surface area contributed by atoms with E-state index in [4.69, 9.17) is 0 Å². The summed E-state index contributed by atoms with van der Waals surface area (Å²) in [6.07, 6.45) is 0.0792. The Balaban J connectivity index is 2.14. The molecule has 0 bridgehead atoms. The third-order valence-electron chi connectivity index (χ3n) is 3.42. The molecule has 2 amide bonds. The van der Waals surface area contributed by atoms with Crippen molar-refractivity contribution >= 4 is 23.5 Å². The number of carbonyl (C=O) groups is 3. The average Bonchev–Trinajstić information content (AvgIpc) is 2.47. The normalized spacial score (nSPS) is 14.0. The maximum Gasteiger partial charge on any atom is 0.337 e. The van der Waals surface area contributed by atoms with E-state index in [0.29, 0.717) is 11.1 Å². The highest BCUT2D eigenvalue weighted by molar-refractivity contribution is 6.26. The van der Waals surface area contributed by atoms with Gasteiger partial charge in [0.05, 0.1) is 17.7 Å². The number of nitrogens with zero attached hydrogens (tertiary/aromatic N) is 1. The SMILES string of the molecule is O=C(O)c1ccccc1N1C(=O)Cc2ccccc2C1=O. The van der Waals surface area contributed by atoms with Crippen LogP contribution < -0.4 is 4.90 Å². The molecule has 5 nitrogen and oxygen atoms in total. The van der Waals surface area contributed by atoms with Gasteiger partial charge in [-0.15, -0.1) is 0 Å².